The molecule has 0 aliphatic carbocycles. The molecule has 0 spiro atoms. The molecule has 1 aliphatic heterocycles. The van der Waals surface area contributed by atoms with Crippen molar-refractivity contribution in [2.24, 2.45) is 0 Å². The molecule has 0 unspecified atom stereocenters. The summed E-state index contributed by atoms with van der Waals surface area (Å²) < 4.78 is 11.9. The van der Waals surface area contributed by atoms with Crippen molar-refractivity contribution in [1.82, 2.24) is 14.7 Å². The lowest BCUT2D eigenvalue weighted by Crippen LogP contribution is -2.43. The van der Waals surface area contributed by atoms with Crippen LogP contribution >= 0.6 is 0 Å². The number of nitro groups is 1. The van der Waals surface area contributed by atoms with Gasteiger partial charge in [0.2, 0.25) is 0 Å². The number of amides is 2. The van der Waals surface area contributed by atoms with Gasteiger partial charge in [-0.1, -0.05) is 18.2 Å². The van der Waals surface area contributed by atoms with E-state index in [0.29, 0.717) is 22.5 Å². The Bertz CT molecular complexity index is 1660. The van der Waals surface area contributed by atoms with Crippen molar-refractivity contribution < 1.29 is 28.8 Å². The molecule has 1 aliphatic rings. The van der Waals surface area contributed by atoms with Crippen LogP contribution < -0.4 is 4.74 Å². The molecule has 0 fully saturated rings. The van der Waals surface area contributed by atoms with Crippen LogP contribution in [0.1, 0.15) is 32.8 Å². The van der Waals surface area contributed by atoms with Gasteiger partial charge in [0, 0.05) is 42.4 Å². The topological polar surface area (TPSA) is 158 Å². The van der Waals surface area contributed by atoms with E-state index in [9.17, 15) is 29.8 Å². The first-order valence-corrected chi connectivity index (χ1v) is 13.1. The molecule has 0 atom stereocenters. The molecule has 4 rings (SSSR count). The first-order chi connectivity index (χ1) is 20.2. The van der Waals surface area contributed by atoms with E-state index in [-0.39, 0.29) is 54.3 Å². The van der Waals surface area contributed by atoms with Gasteiger partial charge in [0.25, 0.3) is 11.8 Å². The number of imide groups is 1. The van der Waals surface area contributed by atoms with Crippen LogP contribution in [-0.4, -0.2) is 57.1 Å². The van der Waals surface area contributed by atoms with Crippen LogP contribution in [0.4, 0.5) is 5.69 Å². The number of nitriles is 1. The Kier molecular flexibility index (Phi) is 8.92. The molecule has 2 amide bonds. The molecule has 0 N–H and O–H groups in total. The minimum atomic E-state index is -0.734. The smallest absolute Gasteiger partial charge is 0.311 e. The number of ether oxygens (including phenoxy) is 2. The van der Waals surface area contributed by atoms with Gasteiger partial charge < -0.3 is 9.47 Å². The van der Waals surface area contributed by atoms with E-state index in [1.165, 1.54) is 32.1 Å². The number of nitrogens with zero attached hydrogens (tertiary/aromatic N) is 5. The lowest BCUT2D eigenvalue weighted by molar-refractivity contribution is -0.385. The van der Waals surface area contributed by atoms with Gasteiger partial charge in [0.15, 0.2) is 5.75 Å². The minimum absolute atomic E-state index is 0.000535. The summed E-state index contributed by atoms with van der Waals surface area (Å²) in [6.07, 6.45) is 3.37. The summed E-state index contributed by atoms with van der Waals surface area (Å²) in [6, 6.07) is 15.5. The van der Waals surface area contributed by atoms with Crippen molar-refractivity contribution in [2.75, 3.05) is 19.8 Å². The van der Waals surface area contributed by atoms with Crippen LogP contribution in [0.2, 0.25) is 0 Å². The van der Waals surface area contributed by atoms with Crippen LogP contribution in [0, 0.1) is 21.4 Å². The summed E-state index contributed by atoms with van der Waals surface area (Å²) in [5.74, 6) is -1.74. The van der Waals surface area contributed by atoms with Crippen LogP contribution in [0.3, 0.4) is 0 Å². The molecule has 214 valence electrons. The highest BCUT2D eigenvalue weighted by molar-refractivity contribution is 6.19. The second-order valence-electron chi connectivity index (χ2n) is 9.21. The largest absolute Gasteiger partial charge is 0.487 e. The second kappa shape index (κ2) is 12.7. The number of para-hydroxylation sites is 1. The summed E-state index contributed by atoms with van der Waals surface area (Å²) in [5.41, 5.74) is 1.69. The average molecular weight is 570 g/mol. The van der Waals surface area contributed by atoms with Crippen molar-refractivity contribution in [3.8, 4) is 28.8 Å². The first-order valence-electron chi connectivity index (χ1n) is 13.1. The van der Waals surface area contributed by atoms with Crippen molar-refractivity contribution in [3.63, 3.8) is 0 Å². The van der Waals surface area contributed by atoms with E-state index < -0.39 is 22.7 Å². The summed E-state index contributed by atoms with van der Waals surface area (Å²) in [6.45, 7) is 4.66. The number of carbonyl (C=O) groups excluding carboxylic acids is 3. The van der Waals surface area contributed by atoms with Crippen LogP contribution in [0.15, 0.2) is 71.4 Å². The molecule has 0 saturated heterocycles. The maximum absolute atomic E-state index is 13.6. The van der Waals surface area contributed by atoms with Gasteiger partial charge in [-0.2, -0.15) is 10.4 Å². The minimum Gasteiger partial charge on any atom is -0.487 e. The summed E-state index contributed by atoms with van der Waals surface area (Å²) in [5, 5.41) is 26.2. The van der Waals surface area contributed by atoms with E-state index in [2.05, 4.69) is 5.10 Å². The molecule has 12 nitrogen and oxygen atoms in total. The molecule has 2 heterocycles. The van der Waals surface area contributed by atoms with Crippen LogP contribution in [-0.2, 0) is 19.1 Å². The van der Waals surface area contributed by atoms with E-state index >= 15 is 0 Å². The third kappa shape index (κ3) is 6.10. The standard InChI is InChI=1S/C30H27N5O7/c1-4-41-27-12-11-21(16-26(27)35(39)40)28-22(18-34(32-28)23-9-6-5-7-10-23)15-24-19(2)25(17-31)30(38)33(29(24)37)13-8-14-42-20(3)36/h5-7,9-12,15-16,18H,4,8,13-14H2,1-3H3/b24-15+. The maximum atomic E-state index is 13.6. The number of carbonyl (C=O) groups is 3. The van der Waals surface area contributed by atoms with Gasteiger partial charge in [-0.15, -0.1) is 0 Å². The molecule has 12 heteroatoms. The Balaban J connectivity index is 1.86. The number of hydrogen-bond acceptors (Lipinski definition) is 9. The Labute approximate surface area is 241 Å². The number of rotatable bonds is 10. The molecule has 1 aromatic heterocycles. The normalized spacial score (nSPS) is 14.2. The first kappa shape index (κ1) is 29.4. The Morgan fingerprint density at radius 1 is 1.17 bits per heavy atom. The number of esters is 1. The summed E-state index contributed by atoms with van der Waals surface area (Å²) in [7, 11) is 0. The van der Waals surface area contributed by atoms with Gasteiger partial charge in [-0.25, -0.2) is 4.68 Å². The quantitative estimate of drug-likeness (QED) is 0.0862. The fraction of sp³-hybridized carbons (Fsp3) is 0.233. The lowest BCUT2D eigenvalue weighted by atomic mass is 9.93. The SMILES string of the molecule is CCOc1ccc(-c2nn(-c3ccccc3)cc2/C=C2/C(=O)N(CCCOC(C)=O)C(=O)C(C#N)=C2C)cc1[N+](=O)[O-]. The Hall–Kier alpha value is -5.57. The Morgan fingerprint density at radius 3 is 2.55 bits per heavy atom. The Morgan fingerprint density at radius 2 is 1.90 bits per heavy atom. The van der Waals surface area contributed by atoms with E-state index in [0.717, 1.165) is 4.90 Å². The average Bonchev–Trinajstić information content (AvgIpc) is 3.39. The third-order valence-electron chi connectivity index (χ3n) is 6.45. The zero-order valence-electron chi connectivity index (χ0n) is 23.2. The van der Waals surface area contributed by atoms with Gasteiger partial charge in [-0.05, 0) is 56.2 Å². The van der Waals surface area contributed by atoms with Crippen LogP contribution in [0.5, 0.6) is 5.75 Å². The lowest BCUT2D eigenvalue weighted by Gasteiger charge is -2.27. The fourth-order valence-corrected chi connectivity index (χ4v) is 4.44. The van der Waals surface area contributed by atoms with Crippen molar-refractivity contribution in [1.29, 1.82) is 5.26 Å². The van der Waals surface area contributed by atoms with Crippen molar-refractivity contribution in [2.45, 2.75) is 27.2 Å². The number of nitro benzene ring substituents is 1. The molecule has 3 aromatic rings. The number of aromatic nitrogens is 2. The molecule has 2 aromatic carbocycles. The zero-order valence-corrected chi connectivity index (χ0v) is 23.2. The fourth-order valence-electron chi connectivity index (χ4n) is 4.44. The molecular weight excluding hydrogens is 542 g/mol. The van der Waals surface area contributed by atoms with Gasteiger partial charge in [0.1, 0.15) is 17.3 Å². The van der Waals surface area contributed by atoms with E-state index in [1.54, 1.807) is 23.9 Å². The predicted octanol–water partition coefficient (Wildman–Crippen LogP) is 4.39. The molecular formula is C30H27N5O7. The van der Waals surface area contributed by atoms with Gasteiger partial charge in [0.05, 0.1) is 23.8 Å². The van der Waals surface area contributed by atoms with Gasteiger partial charge >= 0.3 is 11.7 Å². The van der Waals surface area contributed by atoms with Crippen LogP contribution in [0.25, 0.3) is 23.0 Å². The molecule has 0 saturated carbocycles. The number of hydrogen-bond donors (Lipinski definition) is 0. The highest BCUT2D eigenvalue weighted by Gasteiger charge is 2.35. The highest BCUT2D eigenvalue weighted by Crippen LogP contribution is 2.35. The third-order valence-corrected chi connectivity index (χ3v) is 6.45. The summed E-state index contributed by atoms with van der Waals surface area (Å²) in [4.78, 5) is 49.9. The highest BCUT2D eigenvalue weighted by atomic mass is 16.6. The van der Waals surface area contributed by atoms with E-state index in [1.807, 2.05) is 36.4 Å². The van der Waals surface area contributed by atoms with E-state index in [4.69, 9.17) is 9.47 Å². The second-order valence-corrected chi connectivity index (χ2v) is 9.21. The number of benzene rings is 2. The molecule has 0 bridgehead atoms. The maximum Gasteiger partial charge on any atom is 0.311 e. The predicted molar refractivity (Wildman–Crippen MR) is 151 cm³/mol. The molecule has 0 radical (unpaired) electrons. The molecule has 42 heavy (non-hydrogen) atoms. The van der Waals surface area contributed by atoms with Gasteiger partial charge in [-0.3, -0.25) is 29.4 Å². The zero-order chi connectivity index (χ0) is 30.4. The monoisotopic (exact) mass is 569 g/mol. The van der Waals surface area contributed by atoms with Crippen molar-refractivity contribution >= 4 is 29.5 Å². The summed E-state index contributed by atoms with van der Waals surface area (Å²) >= 11 is 0. The van der Waals surface area contributed by atoms with Crippen molar-refractivity contribution in [3.05, 3.63) is 87.1 Å².